The largest absolute Gasteiger partial charge is 0.497 e. The summed E-state index contributed by atoms with van der Waals surface area (Å²) in [4.78, 5) is 27.1. The van der Waals surface area contributed by atoms with Gasteiger partial charge in [0.25, 0.3) is 11.8 Å². The van der Waals surface area contributed by atoms with Crippen LogP contribution in [0.4, 0.5) is 0 Å². The van der Waals surface area contributed by atoms with Gasteiger partial charge in [0.1, 0.15) is 23.1 Å². The Kier molecular flexibility index (Phi) is 7.13. The molecule has 36 heavy (non-hydrogen) atoms. The van der Waals surface area contributed by atoms with Gasteiger partial charge in [-0.15, -0.1) is 0 Å². The Morgan fingerprint density at radius 2 is 1.86 bits per heavy atom. The fraction of sp³-hybridized carbons (Fsp3) is 0.214. The van der Waals surface area contributed by atoms with Crippen molar-refractivity contribution < 1.29 is 19.4 Å². The average molecular weight is 483 g/mol. The molecule has 0 fully saturated rings. The number of carbonyl (C=O) groups is 2. The number of aliphatic hydroxyl groups excluding tert-OH is 1. The number of amides is 2. The highest BCUT2D eigenvalue weighted by Gasteiger charge is 2.35. The summed E-state index contributed by atoms with van der Waals surface area (Å²) in [5, 5.41) is 23.7. The van der Waals surface area contributed by atoms with Crippen LogP contribution in [0, 0.1) is 18.3 Å². The predicted octanol–water partition coefficient (Wildman–Crippen LogP) is 3.83. The quantitative estimate of drug-likeness (QED) is 0.405. The van der Waals surface area contributed by atoms with Crippen LogP contribution in [0.2, 0.25) is 0 Å². The van der Waals surface area contributed by atoms with Gasteiger partial charge in [-0.2, -0.15) is 10.4 Å². The number of aryl methyl sites for hydroxylation is 1. The molecule has 0 atom stereocenters. The second-order valence-electron chi connectivity index (χ2n) is 8.40. The minimum Gasteiger partial charge on any atom is -0.497 e. The second-order valence-corrected chi connectivity index (χ2v) is 8.40. The molecule has 8 nitrogen and oxygen atoms in total. The average Bonchev–Trinajstić information content (AvgIpc) is 3.31. The molecule has 0 saturated heterocycles. The van der Waals surface area contributed by atoms with Crippen molar-refractivity contribution in [2.24, 2.45) is 0 Å². The summed E-state index contributed by atoms with van der Waals surface area (Å²) in [7, 11) is 1.61. The molecule has 4 rings (SSSR count). The SMILES string of the molecule is COc1ccc(-c2nn(-c3ccccc3)cc2C=C2C(=O)N(CCCO)C(=O)C(C#N)=C2C)c(C)c1. The van der Waals surface area contributed by atoms with Crippen molar-refractivity contribution in [2.75, 3.05) is 20.3 Å². The molecule has 0 radical (unpaired) electrons. The van der Waals surface area contributed by atoms with Crippen LogP contribution >= 0.6 is 0 Å². The lowest BCUT2D eigenvalue weighted by atomic mass is 9.92. The number of imide groups is 1. The summed E-state index contributed by atoms with van der Waals surface area (Å²) in [6.07, 6.45) is 3.73. The van der Waals surface area contributed by atoms with E-state index >= 15 is 0 Å². The van der Waals surface area contributed by atoms with E-state index < -0.39 is 11.8 Å². The molecule has 182 valence electrons. The Hall–Kier alpha value is -4.48. The molecule has 1 N–H and O–H groups in total. The van der Waals surface area contributed by atoms with Gasteiger partial charge in [-0.05, 0) is 67.8 Å². The van der Waals surface area contributed by atoms with Gasteiger partial charge in [0.2, 0.25) is 0 Å². The maximum Gasteiger partial charge on any atom is 0.271 e. The summed E-state index contributed by atoms with van der Waals surface area (Å²) in [6.45, 7) is 3.41. The minimum atomic E-state index is -0.642. The van der Waals surface area contributed by atoms with E-state index in [4.69, 9.17) is 9.84 Å². The molecular formula is C28H26N4O4. The van der Waals surface area contributed by atoms with Crippen molar-refractivity contribution in [3.8, 4) is 28.8 Å². The fourth-order valence-corrected chi connectivity index (χ4v) is 4.16. The van der Waals surface area contributed by atoms with Crippen LogP contribution in [-0.2, 0) is 9.59 Å². The van der Waals surface area contributed by atoms with E-state index in [0.29, 0.717) is 16.8 Å². The maximum absolute atomic E-state index is 13.4. The number of aliphatic hydroxyl groups is 1. The van der Waals surface area contributed by atoms with Gasteiger partial charge >= 0.3 is 0 Å². The first-order valence-corrected chi connectivity index (χ1v) is 11.5. The first kappa shape index (κ1) is 24.6. The van der Waals surface area contributed by atoms with E-state index in [1.807, 2.05) is 67.7 Å². The number of hydrogen-bond acceptors (Lipinski definition) is 6. The molecule has 2 heterocycles. The van der Waals surface area contributed by atoms with Crippen LogP contribution in [0.15, 0.2) is 71.4 Å². The van der Waals surface area contributed by atoms with Gasteiger partial charge in [0.15, 0.2) is 0 Å². The van der Waals surface area contributed by atoms with Gasteiger partial charge in [-0.1, -0.05) is 18.2 Å². The number of benzene rings is 2. The summed E-state index contributed by atoms with van der Waals surface area (Å²) in [5.74, 6) is -0.428. The van der Waals surface area contributed by atoms with Crippen LogP contribution in [-0.4, -0.2) is 51.9 Å². The van der Waals surface area contributed by atoms with E-state index in [-0.39, 0.29) is 30.7 Å². The van der Waals surface area contributed by atoms with Gasteiger partial charge in [0.05, 0.1) is 12.8 Å². The lowest BCUT2D eigenvalue weighted by Gasteiger charge is -2.27. The van der Waals surface area contributed by atoms with Crippen molar-refractivity contribution >= 4 is 17.9 Å². The monoisotopic (exact) mass is 482 g/mol. The Morgan fingerprint density at radius 3 is 2.50 bits per heavy atom. The maximum atomic E-state index is 13.4. The van der Waals surface area contributed by atoms with Crippen molar-refractivity contribution in [3.05, 3.63) is 82.6 Å². The Labute approximate surface area is 209 Å². The zero-order chi connectivity index (χ0) is 25.8. The Bertz CT molecular complexity index is 1430. The van der Waals surface area contributed by atoms with Crippen LogP contribution in [0.3, 0.4) is 0 Å². The Morgan fingerprint density at radius 1 is 1.11 bits per heavy atom. The second kappa shape index (κ2) is 10.4. The summed E-state index contributed by atoms with van der Waals surface area (Å²) >= 11 is 0. The highest BCUT2D eigenvalue weighted by atomic mass is 16.5. The van der Waals surface area contributed by atoms with Crippen molar-refractivity contribution in [3.63, 3.8) is 0 Å². The Balaban J connectivity index is 1.92. The molecule has 1 aromatic heterocycles. The zero-order valence-corrected chi connectivity index (χ0v) is 20.4. The van der Waals surface area contributed by atoms with Gasteiger partial charge in [0, 0.05) is 36.0 Å². The molecule has 0 bridgehead atoms. The molecule has 0 unspecified atom stereocenters. The molecule has 2 aromatic carbocycles. The third kappa shape index (κ3) is 4.57. The number of ether oxygens (including phenoxy) is 1. The molecule has 0 saturated carbocycles. The number of para-hydroxylation sites is 1. The van der Waals surface area contributed by atoms with E-state index in [9.17, 15) is 20.0 Å². The normalized spacial score (nSPS) is 15.0. The van der Waals surface area contributed by atoms with Crippen molar-refractivity contribution in [1.29, 1.82) is 5.26 Å². The first-order chi connectivity index (χ1) is 17.4. The topological polar surface area (TPSA) is 108 Å². The van der Waals surface area contributed by atoms with Gasteiger partial charge in [-0.3, -0.25) is 14.5 Å². The van der Waals surface area contributed by atoms with E-state index in [2.05, 4.69) is 0 Å². The van der Waals surface area contributed by atoms with Crippen LogP contribution in [0.1, 0.15) is 24.5 Å². The zero-order valence-electron chi connectivity index (χ0n) is 20.4. The lowest BCUT2D eigenvalue weighted by Crippen LogP contribution is -2.43. The first-order valence-electron chi connectivity index (χ1n) is 11.5. The third-order valence-electron chi connectivity index (χ3n) is 6.12. The van der Waals surface area contributed by atoms with Gasteiger partial charge in [-0.25, -0.2) is 4.68 Å². The number of hydrogen-bond donors (Lipinski definition) is 1. The van der Waals surface area contributed by atoms with Crippen molar-refractivity contribution in [2.45, 2.75) is 20.3 Å². The van der Waals surface area contributed by atoms with E-state index in [1.165, 1.54) is 0 Å². The number of rotatable bonds is 7. The van der Waals surface area contributed by atoms with E-state index in [0.717, 1.165) is 27.5 Å². The van der Waals surface area contributed by atoms with Gasteiger partial charge < -0.3 is 9.84 Å². The molecule has 0 spiro atoms. The lowest BCUT2D eigenvalue weighted by molar-refractivity contribution is -0.140. The minimum absolute atomic E-state index is 0.0255. The summed E-state index contributed by atoms with van der Waals surface area (Å²) in [6, 6.07) is 17.2. The number of aromatic nitrogens is 2. The van der Waals surface area contributed by atoms with E-state index in [1.54, 1.807) is 24.8 Å². The molecule has 1 aliphatic rings. The van der Waals surface area contributed by atoms with Crippen LogP contribution < -0.4 is 4.74 Å². The molecule has 8 heteroatoms. The number of nitrogens with zero attached hydrogens (tertiary/aromatic N) is 4. The molecule has 1 aliphatic heterocycles. The fourth-order valence-electron chi connectivity index (χ4n) is 4.16. The number of carbonyl (C=O) groups excluding carboxylic acids is 2. The van der Waals surface area contributed by atoms with Crippen molar-refractivity contribution in [1.82, 2.24) is 14.7 Å². The highest BCUT2D eigenvalue weighted by molar-refractivity contribution is 6.19. The molecule has 3 aromatic rings. The number of methoxy groups -OCH3 is 1. The standard InChI is InChI=1S/C28H26N4O4/c1-18-14-22(36-3)10-11-23(18)26-20(17-32(30-26)21-8-5-4-6-9-21)15-24-19(2)25(16-29)28(35)31(27(24)34)12-7-13-33/h4-6,8-11,14-15,17,33H,7,12-13H2,1-3H3. The third-order valence-corrected chi connectivity index (χ3v) is 6.12. The summed E-state index contributed by atoms with van der Waals surface area (Å²) in [5.41, 5.74) is 4.41. The molecule has 2 amide bonds. The molecular weight excluding hydrogens is 456 g/mol. The summed E-state index contributed by atoms with van der Waals surface area (Å²) < 4.78 is 7.08. The predicted molar refractivity (Wildman–Crippen MR) is 135 cm³/mol. The highest BCUT2D eigenvalue weighted by Crippen LogP contribution is 2.33. The van der Waals surface area contributed by atoms with Crippen LogP contribution in [0.25, 0.3) is 23.0 Å². The molecule has 0 aliphatic carbocycles. The van der Waals surface area contributed by atoms with Crippen LogP contribution in [0.5, 0.6) is 5.75 Å². The smallest absolute Gasteiger partial charge is 0.271 e. The number of nitriles is 1.